The first kappa shape index (κ1) is 18.0. The van der Waals surface area contributed by atoms with E-state index < -0.39 is 22.1 Å². The predicted molar refractivity (Wildman–Crippen MR) is 84.4 cm³/mol. The normalized spacial score (nSPS) is 13.5. The van der Waals surface area contributed by atoms with Crippen molar-refractivity contribution in [1.82, 2.24) is 5.32 Å². The summed E-state index contributed by atoms with van der Waals surface area (Å²) in [5.41, 5.74) is 5.25. The zero-order valence-corrected chi connectivity index (χ0v) is 13.4. The molecule has 0 aromatic heterocycles. The van der Waals surface area contributed by atoms with Crippen molar-refractivity contribution < 1.29 is 14.5 Å². The van der Waals surface area contributed by atoms with E-state index in [0.717, 1.165) is 4.90 Å². The fourth-order valence-corrected chi connectivity index (χ4v) is 2.62. The lowest BCUT2D eigenvalue weighted by Gasteiger charge is -2.21. The second-order valence-corrected chi connectivity index (χ2v) is 6.56. The van der Waals surface area contributed by atoms with Gasteiger partial charge in [0, 0.05) is 17.0 Å². The number of non-ortho nitro benzene ring substituents is 1. The summed E-state index contributed by atoms with van der Waals surface area (Å²) in [6.45, 7) is 5.29. The SMILES string of the molecule is CC(C)[C@@H](NC(=O)[C@H](C)Sc1ccc([N+](=O)[O-])cc1)C(N)=O. The lowest BCUT2D eigenvalue weighted by Crippen LogP contribution is -2.49. The average Bonchev–Trinajstić information content (AvgIpc) is 2.44. The lowest BCUT2D eigenvalue weighted by atomic mass is 10.0. The molecule has 2 amide bonds. The molecule has 1 aromatic carbocycles. The molecule has 120 valence electrons. The quantitative estimate of drug-likeness (QED) is 0.450. The summed E-state index contributed by atoms with van der Waals surface area (Å²) in [4.78, 5) is 34.2. The highest BCUT2D eigenvalue weighted by atomic mass is 32.2. The van der Waals surface area contributed by atoms with E-state index in [1.165, 1.54) is 23.9 Å². The van der Waals surface area contributed by atoms with Gasteiger partial charge in [-0.05, 0) is 25.0 Å². The molecule has 7 nitrogen and oxygen atoms in total. The highest BCUT2D eigenvalue weighted by Crippen LogP contribution is 2.25. The Hall–Kier alpha value is -2.09. The minimum absolute atomic E-state index is 0.00458. The fraction of sp³-hybridized carbons (Fsp3) is 0.429. The summed E-state index contributed by atoms with van der Waals surface area (Å²) in [6.07, 6.45) is 0. The summed E-state index contributed by atoms with van der Waals surface area (Å²) in [6, 6.07) is 5.22. The van der Waals surface area contributed by atoms with Crippen LogP contribution in [0.1, 0.15) is 20.8 Å². The summed E-state index contributed by atoms with van der Waals surface area (Å²) >= 11 is 1.25. The van der Waals surface area contributed by atoms with Crippen LogP contribution in [0.5, 0.6) is 0 Å². The number of nitrogens with zero attached hydrogens (tertiary/aromatic N) is 1. The molecule has 0 saturated carbocycles. The van der Waals surface area contributed by atoms with Gasteiger partial charge in [-0.2, -0.15) is 0 Å². The summed E-state index contributed by atoms with van der Waals surface area (Å²) in [7, 11) is 0. The monoisotopic (exact) mass is 325 g/mol. The van der Waals surface area contributed by atoms with Gasteiger partial charge in [0.1, 0.15) is 6.04 Å². The van der Waals surface area contributed by atoms with Crippen molar-refractivity contribution >= 4 is 29.3 Å². The van der Waals surface area contributed by atoms with Crippen LogP contribution in [0.25, 0.3) is 0 Å². The predicted octanol–water partition coefficient (Wildman–Crippen LogP) is 1.70. The van der Waals surface area contributed by atoms with Gasteiger partial charge in [0.05, 0.1) is 10.2 Å². The molecule has 0 fully saturated rings. The van der Waals surface area contributed by atoms with Gasteiger partial charge in [0.15, 0.2) is 0 Å². The van der Waals surface area contributed by atoms with E-state index in [9.17, 15) is 19.7 Å². The van der Waals surface area contributed by atoms with Crippen LogP contribution in [0.3, 0.4) is 0 Å². The van der Waals surface area contributed by atoms with Crippen LogP contribution in [-0.2, 0) is 9.59 Å². The molecular weight excluding hydrogens is 306 g/mol. The van der Waals surface area contributed by atoms with Gasteiger partial charge >= 0.3 is 0 Å². The minimum Gasteiger partial charge on any atom is -0.368 e. The fourth-order valence-electron chi connectivity index (χ4n) is 1.74. The van der Waals surface area contributed by atoms with Gasteiger partial charge in [-0.1, -0.05) is 13.8 Å². The third-order valence-electron chi connectivity index (χ3n) is 3.00. The number of hydrogen-bond donors (Lipinski definition) is 2. The molecule has 0 radical (unpaired) electrons. The number of nitro benzene ring substituents is 1. The maximum atomic E-state index is 12.1. The molecule has 3 N–H and O–H groups in total. The number of amides is 2. The second kappa shape index (κ2) is 7.79. The lowest BCUT2D eigenvalue weighted by molar-refractivity contribution is -0.384. The van der Waals surface area contributed by atoms with Crippen LogP contribution in [0.15, 0.2) is 29.2 Å². The third-order valence-corrected chi connectivity index (χ3v) is 4.11. The van der Waals surface area contributed by atoms with E-state index in [1.807, 2.05) is 0 Å². The number of hydrogen-bond acceptors (Lipinski definition) is 5. The van der Waals surface area contributed by atoms with Crippen molar-refractivity contribution in [3.63, 3.8) is 0 Å². The molecule has 22 heavy (non-hydrogen) atoms. The van der Waals surface area contributed by atoms with Gasteiger partial charge in [0.2, 0.25) is 11.8 Å². The topological polar surface area (TPSA) is 115 Å². The molecule has 0 heterocycles. The number of carbonyl (C=O) groups excluding carboxylic acids is 2. The van der Waals surface area contributed by atoms with Crippen LogP contribution < -0.4 is 11.1 Å². The van der Waals surface area contributed by atoms with E-state index in [4.69, 9.17) is 5.73 Å². The van der Waals surface area contributed by atoms with Crippen molar-refractivity contribution in [2.75, 3.05) is 0 Å². The molecule has 0 unspecified atom stereocenters. The Balaban J connectivity index is 2.67. The number of nitro groups is 1. The first-order valence-corrected chi connectivity index (χ1v) is 7.61. The molecular formula is C14H19N3O4S. The molecule has 0 bridgehead atoms. The number of thioether (sulfide) groups is 1. The van der Waals surface area contributed by atoms with Gasteiger partial charge in [0.25, 0.3) is 5.69 Å². The highest BCUT2D eigenvalue weighted by Gasteiger charge is 2.24. The Morgan fingerprint density at radius 3 is 2.18 bits per heavy atom. The highest BCUT2D eigenvalue weighted by molar-refractivity contribution is 8.00. The maximum Gasteiger partial charge on any atom is 0.269 e. The Kier molecular flexibility index (Phi) is 6.36. The second-order valence-electron chi connectivity index (χ2n) is 5.14. The first-order valence-electron chi connectivity index (χ1n) is 6.73. The average molecular weight is 325 g/mol. The van der Waals surface area contributed by atoms with E-state index in [1.54, 1.807) is 32.9 Å². The van der Waals surface area contributed by atoms with E-state index in [-0.39, 0.29) is 17.5 Å². The molecule has 0 saturated heterocycles. The van der Waals surface area contributed by atoms with Crippen molar-refractivity contribution in [2.24, 2.45) is 11.7 Å². The number of nitrogens with one attached hydrogen (secondary N) is 1. The number of nitrogens with two attached hydrogens (primary N) is 1. The van der Waals surface area contributed by atoms with Crippen LogP contribution in [0, 0.1) is 16.0 Å². The molecule has 0 aliphatic heterocycles. The molecule has 0 aliphatic rings. The zero-order valence-electron chi connectivity index (χ0n) is 12.6. The molecule has 0 aliphatic carbocycles. The minimum atomic E-state index is -0.715. The van der Waals surface area contributed by atoms with Gasteiger partial charge < -0.3 is 11.1 Å². The summed E-state index contributed by atoms with van der Waals surface area (Å²) in [5, 5.41) is 12.7. The van der Waals surface area contributed by atoms with Crippen LogP contribution in [-0.4, -0.2) is 28.0 Å². The van der Waals surface area contributed by atoms with Gasteiger partial charge in [-0.3, -0.25) is 19.7 Å². The Bertz CT molecular complexity index is 560. The molecule has 8 heteroatoms. The Labute approximate surface area is 132 Å². The van der Waals surface area contributed by atoms with Gasteiger partial charge in [-0.25, -0.2) is 0 Å². The summed E-state index contributed by atoms with van der Waals surface area (Å²) < 4.78 is 0. The number of rotatable bonds is 7. The smallest absolute Gasteiger partial charge is 0.269 e. The van der Waals surface area contributed by atoms with Crippen LogP contribution in [0.4, 0.5) is 5.69 Å². The zero-order chi connectivity index (χ0) is 16.9. The van der Waals surface area contributed by atoms with Crippen molar-refractivity contribution in [3.05, 3.63) is 34.4 Å². The molecule has 1 aromatic rings. The Morgan fingerprint density at radius 2 is 1.77 bits per heavy atom. The molecule has 2 atom stereocenters. The van der Waals surface area contributed by atoms with Crippen LogP contribution in [0.2, 0.25) is 0 Å². The van der Waals surface area contributed by atoms with E-state index >= 15 is 0 Å². The van der Waals surface area contributed by atoms with Crippen LogP contribution >= 0.6 is 11.8 Å². The van der Waals surface area contributed by atoms with Crippen molar-refractivity contribution in [2.45, 2.75) is 37.0 Å². The molecule has 1 rings (SSSR count). The standard InChI is InChI=1S/C14H19N3O4S/c1-8(2)12(13(15)18)16-14(19)9(3)22-11-6-4-10(5-7-11)17(20)21/h4-9,12H,1-3H3,(H2,15,18)(H,16,19)/t9-,12+/m0/s1. The van der Waals surface area contributed by atoms with Crippen molar-refractivity contribution in [3.8, 4) is 0 Å². The third kappa shape index (κ3) is 5.03. The maximum absolute atomic E-state index is 12.1. The largest absolute Gasteiger partial charge is 0.368 e. The Morgan fingerprint density at radius 1 is 1.23 bits per heavy atom. The number of carbonyl (C=O) groups is 2. The molecule has 0 spiro atoms. The number of benzene rings is 1. The van der Waals surface area contributed by atoms with E-state index in [0.29, 0.717) is 0 Å². The number of primary amides is 1. The summed E-state index contributed by atoms with van der Waals surface area (Å²) in [5.74, 6) is -0.977. The van der Waals surface area contributed by atoms with Crippen molar-refractivity contribution in [1.29, 1.82) is 0 Å². The first-order chi connectivity index (χ1) is 10.2. The van der Waals surface area contributed by atoms with E-state index in [2.05, 4.69) is 5.32 Å². The van der Waals surface area contributed by atoms with Gasteiger partial charge in [-0.15, -0.1) is 11.8 Å².